The molecular formula is C22H22Br3NO6. The van der Waals surface area contributed by atoms with E-state index in [-0.39, 0.29) is 5.75 Å². The number of rotatable bonds is 10. The Kier molecular flexibility index (Phi) is 10.7. The second kappa shape index (κ2) is 13.0. The van der Waals surface area contributed by atoms with E-state index in [1.54, 1.807) is 43.3 Å². The number of allylic oxidation sites excluding steroid dienone is 1. The van der Waals surface area contributed by atoms with Crippen molar-refractivity contribution >= 4 is 65.5 Å². The van der Waals surface area contributed by atoms with Crippen LogP contribution in [0.25, 0.3) is 0 Å². The molecule has 0 unspecified atom stereocenters. The van der Waals surface area contributed by atoms with E-state index >= 15 is 0 Å². The lowest BCUT2D eigenvalue weighted by molar-refractivity contribution is -0.131. The Labute approximate surface area is 211 Å². The van der Waals surface area contributed by atoms with Crippen molar-refractivity contribution in [2.24, 2.45) is 0 Å². The molecule has 3 N–H and O–H groups in total. The molecule has 0 saturated carbocycles. The molecule has 2 aromatic rings. The number of carbonyl (C=O) groups excluding carboxylic acids is 1. The zero-order chi connectivity index (χ0) is 23.7. The van der Waals surface area contributed by atoms with Crippen molar-refractivity contribution in [3.63, 3.8) is 0 Å². The van der Waals surface area contributed by atoms with Gasteiger partial charge in [0.15, 0.2) is 6.10 Å². The molecule has 0 aliphatic carbocycles. The summed E-state index contributed by atoms with van der Waals surface area (Å²) in [5.74, 6) is -1.13. The molecular weight excluding hydrogens is 614 g/mol. The lowest BCUT2D eigenvalue weighted by Gasteiger charge is -2.28. The normalized spacial score (nSPS) is 13.0. The van der Waals surface area contributed by atoms with E-state index in [2.05, 4.69) is 53.1 Å². The molecule has 0 aliphatic rings. The first-order chi connectivity index (χ1) is 15.2. The van der Waals surface area contributed by atoms with Crippen LogP contribution in [0.5, 0.6) is 5.75 Å². The van der Waals surface area contributed by atoms with Crippen LogP contribution in [0.2, 0.25) is 0 Å². The van der Waals surface area contributed by atoms with Gasteiger partial charge < -0.3 is 19.7 Å². The average Bonchev–Trinajstić information content (AvgIpc) is 2.73. The standard InChI is InChI=1S/C22H22Br3NO6/c1-2-31-18(5-3-4-6-19(27)28)21(16-11-14(24)12-17(25)20(16)29)32-22(30)26-15-9-7-13(23)8-10-15/h4,6-12,18,21,29H,2-3,5H2,1H3,(H,26,30)(H,27,28)/b6-4+/t18-,21-/m1/s1. The van der Waals surface area contributed by atoms with Gasteiger partial charge in [-0.05, 0) is 72.1 Å². The van der Waals surface area contributed by atoms with Gasteiger partial charge in [0.05, 0.1) is 10.6 Å². The van der Waals surface area contributed by atoms with Crippen LogP contribution in [0.1, 0.15) is 31.4 Å². The van der Waals surface area contributed by atoms with E-state index in [1.807, 2.05) is 0 Å². The largest absolute Gasteiger partial charge is 0.506 e. The molecule has 0 saturated heterocycles. The number of carboxylic acids is 1. The fourth-order valence-corrected chi connectivity index (χ4v) is 4.44. The number of benzene rings is 2. The lowest BCUT2D eigenvalue weighted by Crippen LogP contribution is -2.29. The number of ether oxygens (including phenoxy) is 2. The van der Waals surface area contributed by atoms with Crippen molar-refractivity contribution in [2.45, 2.75) is 32.0 Å². The minimum Gasteiger partial charge on any atom is -0.506 e. The van der Waals surface area contributed by atoms with Crippen molar-refractivity contribution in [3.8, 4) is 5.75 Å². The molecule has 0 bridgehead atoms. The molecule has 32 heavy (non-hydrogen) atoms. The third kappa shape index (κ3) is 8.23. The first kappa shape index (κ1) is 26.4. The topological polar surface area (TPSA) is 105 Å². The molecule has 0 fully saturated rings. The van der Waals surface area contributed by atoms with Crippen LogP contribution in [0.4, 0.5) is 10.5 Å². The molecule has 2 aromatic carbocycles. The van der Waals surface area contributed by atoms with Gasteiger partial charge in [0.1, 0.15) is 5.75 Å². The van der Waals surface area contributed by atoms with E-state index in [9.17, 15) is 14.7 Å². The molecule has 0 radical (unpaired) electrons. The first-order valence-corrected chi connectivity index (χ1v) is 12.0. The summed E-state index contributed by atoms with van der Waals surface area (Å²) < 4.78 is 13.5. The van der Waals surface area contributed by atoms with Crippen LogP contribution in [-0.2, 0) is 14.3 Å². The number of hydrogen-bond donors (Lipinski definition) is 3. The van der Waals surface area contributed by atoms with Crippen LogP contribution < -0.4 is 5.32 Å². The summed E-state index contributed by atoms with van der Waals surface area (Å²) in [5.41, 5.74) is 0.881. The SMILES string of the molecule is CCO[C@H](CC/C=C/C(=O)O)[C@H](OC(=O)Nc1ccc(Br)cc1)c1cc(Br)cc(Br)c1O. The quantitative estimate of drug-likeness (QED) is 0.248. The summed E-state index contributed by atoms with van der Waals surface area (Å²) in [6.45, 7) is 2.13. The number of hydrogen-bond acceptors (Lipinski definition) is 5. The molecule has 7 nitrogen and oxygen atoms in total. The second-order valence-corrected chi connectivity index (χ2v) is 9.28. The fourth-order valence-electron chi connectivity index (χ4n) is 2.92. The second-order valence-electron chi connectivity index (χ2n) is 6.59. The van der Waals surface area contributed by atoms with Crippen molar-refractivity contribution < 1.29 is 29.3 Å². The van der Waals surface area contributed by atoms with E-state index in [1.165, 1.54) is 6.08 Å². The summed E-state index contributed by atoms with van der Waals surface area (Å²) in [6.07, 6.45) is 0.964. The molecule has 2 atom stereocenters. The maximum absolute atomic E-state index is 12.7. The summed E-state index contributed by atoms with van der Waals surface area (Å²) >= 11 is 10.0. The monoisotopic (exact) mass is 633 g/mol. The highest BCUT2D eigenvalue weighted by atomic mass is 79.9. The van der Waals surface area contributed by atoms with E-state index in [0.29, 0.717) is 39.6 Å². The predicted octanol–water partition coefficient (Wildman–Crippen LogP) is 6.80. The highest BCUT2D eigenvalue weighted by molar-refractivity contribution is 9.11. The zero-order valence-corrected chi connectivity index (χ0v) is 21.8. The van der Waals surface area contributed by atoms with Gasteiger partial charge in [0.2, 0.25) is 0 Å². The smallest absolute Gasteiger partial charge is 0.412 e. The van der Waals surface area contributed by atoms with Crippen LogP contribution in [0.3, 0.4) is 0 Å². The van der Waals surface area contributed by atoms with Gasteiger partial charge in [0, 0.05) is 32.9 Å². The van der Waals surface area contributed by atoms with Crippen molar-refractivity contribution in [3.05, 3.63) is 67.5 Å². The molecule has 2 rings (SSSR count). The van der Waals surface area contributed by atoms with Gasteiger partial charge in [-0.2, -0.15) is 0 Å². The van der Waals surface area contributed by atoms with Gasteiger partial charge in [-0.3, -0.25) is 5.32 Å². The number of halogens is 3. The molecule has 172 valence electrons. The Morgan fingerprint density at radius 3 is 2.44 bits per heavy atom. The number of amides is 1. The minimum atomic E-state index is -1.05. The van der Waals surface area contributed by atoms with Crippen molar-refractivity contribution in [1.82, 2.24) is 0 Å². The Morgan fingerprint density at radius 2 is 1.81 bits per heavy atom. The number of aromatic hydroxyl groups is 1. The molecule has 10 heteroatoms. The molecule has 0 aromatic heterocycles. The third-order valence-corrected chi connectivity index (χ3v) is 5.88. The van der Waals surface area contributed by atoms with Crippen LogP contribution in [-0.4, -0.2) is 35.0 Å². The Hall–Kier alpha value is -1.88. The summed E-state index contributed by atoms with van der Waals surface area (Å²) in [6, 6.07) is 10.3. The Morgan fingerprint density at radius 1 is 1.12 bits per heavy atom. The number of carbonyl (C=O) groups is 2. The highest BCUT2D eigenvalue weighted by Gasteiger charge is 2.31. The fraction of sp³-hybridized carbons (Fsp3) is 0.273. The van der Waals surface area contributed by atoms with Crippen LogP contribution in [0.15, 0.2) is 62.0 Å². The van der Waals surface area contributed by atoms with Gasteiger partial charge in [-0.25, -0.2) is 9.59 Å². The van der Waals surface area contributed by atoms with Crippen molar-refractivity contribution in [2.75, 3.05) is 11.9 Å². The number of aliphatic carboxylic acids is 1. The first-order valence-electron chi connectivity index (χ1n) is 9.63. The van der Waals surface area contributed by atoms with E-state index in [0.717, 1.165) is 10.5 Å². The number of carboxylic acid groups (broad SMARTS) is 1. The van der Waals surface area contributed by atoms with E-state index < -0.39 is 24.3 Å². The Balaban J connectivity index is 2.33. The van der Waals surface area contributed by atoms with Crippen molar-refractivity contribution in [1.29, 1.82) is 0 Å². The third-order valence-electron chi connectivity index (χ3n) is 4.29. The maximum Gasteiger partial charge on any atom is 0.412 e. The van der Waals surface area contributed by atoms with Gasteiger partial charge in [-0.1, -0.05) is 37.9 Å². The summed E-state index contributed by atoms with van der Waals surface area (Å²) in [7, 11) is 0. The van der Waals surface area contributed by atoms with Crippen LogP contribution in [0, 0.1) is 0 Å². The van der Waals surface area contributed by atoms with Gasteiger partial charge in [-0.15, -0.1) is 0 Å². The zero-order valence-electron chi connectivity index (χ0n) is 17.1. The predicted molar refractivity (Wildman–Crippen MR) is 132 cm³/mol. The lowest BCUT2D eigenvalue weighted by atomic mass is 9.99. The molecule has 0 heterocycles. The van der Waals surface area contributed by atoms with Crippen LogP contribution >= 0.6 is 47.8 Å². The van der Waals surface area contributed by atoms with Gasteiger partial charge >= 0.3 is 12.1 Å². The summed E-state index contributed by atoms with van der Waals surface area (Å²) in [4.78, 5) is 23.4. The maximum atomic E-state index is 12.7. The number of nitrogens with one attached hydrogen (secondary N) is 1. The Bertz CT molecular complexity index is 965. The molecule has 1 amide bonds. The number of anilines is 1. The number of phenolic OH excluding ortho intramolecular Hbond substituents is 1. The molecule has 0 spiro atoms. The summed E-state index contributed by atoms with van der Waals surface area (Å²) in [5, 5.41) is 22.1. The number of phenols is 1. The van der Waals surface area contributed by atoms with Gasteiger partial charge in [0.25, 0.3) is 0 Å². The molecule has 0 aliphatic heterocycles. The minimum absolute atomic E-state index is 0.0829. The van der Waals surface area contributed by atoms with E-state index in [4.69, 9.17) is 14.6 Å². The average molecular weight is 636 g/mol. The highest BCUT2D eigenvalue weighted by Crippen LogP contribution is 2.39.